The van der Waals surface area contributed by atoms with Crippen molar-refractivity contribution in [1.82, 2.24) is 9.78 Å². The molecule has 3 rings (SSSR count). The highest BCUT2D eigenvalue weighted by Gasteiger charge is 2.17. The van der Waals surface area contributed by atoms with Crippen LogP contribution in [0.3, 0.4) is 0 Å². The zero-order chi connectivity index (χ0) is 13.9. The van der Waals surface area contributed by atoms with Crippen LogP contribution in [0.15, 0.2) is 28.2 Å². The molecule has 0 atom stereocenters. The van der Waals surface area contributed by atoms with Crippen LogP contribution in [0.1, 0.15) is 53.5 Å². The van der Waals surface area contributed by atoms with Crippen molar-refractivity contribution in [2.75, 3.05) is 0 Å². The molecule has 1 aliphatic carbocycles. The molecule has 0 unspecified atom stereocenters. The Morgan fingerprint density at radius 1 is 1.30 bits per heavy atom. The molecule has 1 aliphatic rings. The zero-order valence-electron chi connectivity index (χ0n) is 11.2. The van der Waals surface area contributed by atoms with Gasteiger partial charge in [0, 0.05) is 6.20 Å². The molecule has 0 bridgehead atoms. The second kappa shape index (κ2) is 6.22. The van der Waals surface area contributed by atoms with E-state index in [1.807, 2.05) is 24.4 Å². The first-order valence-corrected chi connectivity index (χ1v) is 8.66. The van der Waals surface area contributed by atoms with Crippen LogP contribution >= 0.6 is 27.3 Å². The van der Waals surface area contributed by atoms with Crippen LogP contribution in [0.25, 0.3) is 0 Å². The van der Waals surface area contributed by atoms with Crippen molar-refractivity contribution in [3.05, 3.63) is 38.8 Å². The lowest BCUT2D eigenvalue weighted by molar-refractivity contribution is 0.0995. The van der Waals surface area contributed by atoms with E-state index in [1.165, 1.54) is 43.4 Å². The van der Waals surface area contributed by atoms with Crippen LogP contribution in [0.5, 0.6) is 0 Å². The molecule has 2 heterocycles. The van der Waals surface area contributed by atoms with Crippen molar-refractivity contribution in [2.24, 2.45) is 0 Å². The highest BCUT2D eigenvalue weighted by Crippen LogP contribution is 2.28. The Kier molecular flexibility index (Phi) is 4.36. The van der Waals surface area contributed by atoms with Crippen molar-refractivity contribution in [2.45, 2.75) is 44.6 Å². The summed E-state index contributed by atoms with van der Waals surface area (Å²) in [6.45, 7) is 0. The molecule has 1 saturated carbocycles. The van der Waals surface area contributed by atoms with Crippen molar-refractivity contribution in [3.8, 4) is 0 Å². The molecular weight excluding hydrogens is 336 g/mol. The molecule has 3 nitrogen and oxygen atoms in total. The number of hydrogen-bond acceptors (Lipinski definition) is 3. The fourth-order valence-electron chi connectivity index (χ4n) is 2.74. The van der Waals surface area contributed by atoms with Crippen LogP contribution < -0.4 is 0 Å². The van der Waals surface area contributed by atoms with Gasteiger partial charge in [-0.2, -0.15) is 5.10 Å². The van der Waals surface area contributed by atoms with Crippen LogP contribution in [0.4, 0.5) is 0 Å². The van der Waals surface area contributed by atoms with Crippen LogP contribution in [-0.2, 0) is 6.42 Å². The fourth-order valence-corrected chi connectivity index (χ4v) is 4.06. The third kappa shape index (κ3) is 3.20. The molecule has 0 N–H and O–H groups in total. The first kappa shape index (κ1) is 14.0. The van der Waals surface area contributed by atoms with Gasteiger partial charge in [0.1, 0.15) is 0 Å². The molecule has 20 heavy (non-hydrogen) atoms. The lowest BCUT2D eigenvalue weighted by Gasteiger charge is -2.21. The molecule has 0 radical (unpaired) electrons. The predicted octanol–water partition coefficient (Wildman–Crippen LogP) is 4.64. The zero-order valence-corrected chi connectivity index (χ0v) is 13.6. The summed E-state index contributed by atoms with van der Waals surface area (Å²) < 4.78 is 3.06. The monoisotopic (exact) mass is 352 g/mol. The lowest BCUT2D eigenvalue weighted by Crippen LogP contribution is -2.13. The summed E-state index contributed by atoms with van der Waals surface area (Å²) in [5, 5.41) is 4.59. The molecule has 0 aliphatic heterocycles. The van der Waals surface area contributed by atoms with Gasteiger partial charge in [-0.3, -0.25) is 9.48 Å². The number of halogens is 1. The minimum atomic E-state index is 0.148. The highest BCUT2D eigenvalue weighted by atomic mass is 79.9. The second-order valence-electron chi connectivity index (χ2n) is 5.28. The smallest absolute Gasteiger partial charge is 0.178 e. The van der Waals surface area contributed by atoms with E-state index in [9.17, 15) is 4.79 Å². The van der Waals surface area contributed by atoms with Gasteiger partial charge in [-0.15, -0.1) is 11.3 Å². The SMILES string of the molecule is O=C(Cc1ccn(C2CCCCC2)n1)c1ccc(Br)s1. The van der Waals surface area contributed by atoms with Gasteiger partial charge in [0.15, 0.2) is 5.78 Å². The average molecular weight is 353 g/mol. The van der Waals surface area contributed by atoms with E-state index in [4.69, 9.17) is 0 Å². The maximum atomic E-state index is 12.2. The Morgan fingerprint density at radius 3 is 2.80 bits per heavy atom. The van der Waals surface area contributed by atoms with Crippen molar-refractivity contribution >= 4 is 33.0 Å². The molecule has 2 aromatic rings. The first-order chi connectivity index (χ1) is 9.72. The lowest BCUT2D eigenvalue weighted by atomic mass is 9.96. The Hall–Kier alpha value is -0.940. The van der Waals surface area contributed by atoms with Gasteiger partial charge in [-0.1, -0.05) is 19.3 Å². The van der Waals surface area contributed by atoms with Gasteiger partial charge >= 0.3 is 0 Å². The average Bonchev–Trinajstić information content (AvgIpc) is 3.09. The summed E-state index contributed by atoms with van der Waals surface area (Å²) in [6.07, 6.45) is 8.79. The summed E-state index contributed by atoms with van der Waals surface area (Å²) >= 11 is 4.87. The number of nitrogens with zero attached hydrogens (tertiary/aromatic N) is 2. The number of aromatic nitrogens is 2. The predicted molar refractivity (Wildman–Crippen MR) is 84.4 cm³/mol. The van der Waals surface area contributed by atoms with Gasteiger partial charge in [0.25, 0.3) is 0 Å². The van der Waals surface area contributed by atoms with Crippen LogP contribution in [0.2, 0.25) is 0 Å². The van der Waals surface area contributed by atoms with Crippen molar-refractivity contribution in [3.63, 3.8) is 0 Å². The van der Waals surface area contributed by atoms with Crippen molar-refractivity contribution in [1.29, 1.82) is 0 Å². The van der Waals surface area contributed by atoms with Gasteiger partial charge in [-0.25, -0.2) is 0 Å². The fraction of sp³-hybridized carbons (Fsp3) is 0.467. The number of carbonyl (C=O) groups is 1. The van der Waals surface area contributed by atoms with E-state index in [2.05, 4.69) is 25.7 Å². The van der Waals surface area contributed by atoms with E-state index in [1.54, 1.807) is 0 Å². The topological polar surface area (TPSA) is 34.9 Å². The van der Waals surface area contributed by atoms with Crippen LogP contribution in [-0.4, -0.2) is 15.6 Å². The summed E-state index contributed by atoms with van der Waals surface area (Å²) in [4.78, 5) is 12.9. The maximum Gasteiger partial charge on any atom is 0.178 e. The summed E-state index contributed by atoms with van der Waals surface area (Å²) in [6, 6.07) is 6.30. The Morgan fingerprint density at radius 2 is 2.10 bits per heavy atom. The molecule has 0 aromatic carbocycles. The minimum Gasteiger partial charge on any atom is -0.293 e. The Balaban J connectivity index is 1.66. The van der Waals surface area contributed by atoms with Crippen LogP contribution in [0, 0.1) is 0 Å². The number of thiophene rings is 1. The quantitative estimate of drug-likeness (QED) is 0.751. The van der Waals surface area contributed by atoms with Gasteiger partial charge in [0.2, 0.25) is 0 Å². The number of rotatable bonds is 4. The molecule has 0 spiro atoms. The molecule has 106 valence electrons. The minimum absolute atomic E-state index is 0.148. The molecule has 5 heteroatoms. The standard InChI is InChI=1S/C15H17BrN2OS/c16-15-7-6-14(20-15)13(19)10-11-8-9-18(17-11)12-4-2-1-3-5-12/h6-9,12H,1-5,10H2. The van der Waals surface area contributed by atoms with E-state index >= 15 is 0 Å². The summed E-state index contributed by atoms with van der Waals surface area (Å²) in [5.74, 6) is 0.148. The third-order valence-corrected chi connectivity index (χ3v) is 5.47. The van der Waals surface area contributed by atoms with E-state index in [0.29, 0.717) is 12.5 Å². The van der Waals surface area contributed by atoms with Gasteiger partial charge in [0.05, 0.1) is 26.8 Å². The van der Waals surface area contributed by atoms with Gasteiger partial charge in [-0.05, 0) is 47.0 Å². The normalized spacial score (nSPS) is 16.4. The largest absolute Gasteiger partial charge is 0.293 e. The van der Waals surface area contributed by atoms with E-state index in [-0.39, 0.29) is 5.78 Å². The van der Waals surface area contributed by atoms with E-state index in [0.717, 1.165) is 14.4 Å². The first-order valence-electron chi connectivity index (χ1n) is 7.05. The number of ketones is 1. The molecule has 0 amide bonds. The molecule has 0 saturated heterocycles. The third-order valence-electron chi connectivity index (χ3n) is 3.80. The molecule has 1 fully saturated rings. The second-order valence-corrected chi connectivity index (χ2v) is 7.75. The van der Waals surface area contributed by atoms with E-state index < -0.39 is 0 Å². The number of Topliss-reactive ketones (excluding diaryl/α,β-unsaturated/α-hetero) is 1. The Labute approximate surface area is 131 Å². The van der Waals surface area contributed by atoms with Gasteiger partial charge < -0.3 is 0 Å². The number of carbonyl (C=O) groups excluding carboxylic acids is 1. The Bertz CT molecular complexity index is 599. The molecular formula is C15H17BrN2OS. The highest BCUT2D eigenvalue weighted by molar-refractivity contribution is 9.11. The van der Waals surface area contributed by atoms with Crippen molar-refractivity contribution < 1.29 is 4.79 Å². The number of hydrogen-bond donors (Lipinski definition) is 0. The summed E-state index contributed by atoms with van der Waals surface area (Å²) in [5.41, 5.74) is 0.880. The maximum absolute atomic E-state index is 12.2. The summed E-state index contributed by atoms with van der Waals surface area (Å²) in [7, 11) is 0. The molecule has 2 aromatic heterocycles.